The number of nitrogens with zero attached hydrogens (tertiary/aromatic N) is 1. The van der Waals surface area contributed by atoms with Crippen molar-refractivity contribution in [1.82, 2.24) is 4.90 Å². The Kier molecular flexibility index (Phi) is 4.47. The number of hydrogen-bond acceptors (Lipinski definition) is 2. The highest BCUT2D eigenvalue weighted by atomic mass is 19.4. The van der Waals surface area contributed by atoms with Crippen molar-refractivity contribution in [1.29, 1.82) is 0 Å². The summed E-state index contributed by atoms with van der Waals surface area (Å²) in [5.74, 6) is 0. The standard InChI is InChI=1S/C12H22F3NO/c1-4-16(8-12(13,14)15)10-7-9(17)5-6-11(10,2)3/h9-10,17H,4-8H2,1-3H3. The first-order chi connectivity index (χ1) is 7.65. The predicted molar refractivity (Wildman–Crippen MR) is 60.7 cm³/mol. The lowest BCUT2D eigenvalue weighted by molar-refractivity contribution is -0.160. The van der Waals surface area contributed by atoms with Crippen molar-refractivity contribution in [3.63, 3.8) is 0 Å². The van der Waals surface area contributed by atoms with E-state index in [4.69, 9.17) is 0 Å². The first kappa shape index (κ1) is 14.8. The number of aliphatic hydroxyl groups is 1. The smallest absolute Gasteiger partial charge is 0.393 e. The van der Waals surface area contributed by atoms with Gasteiger partial charge in [-0.05, 0) is 31.2 Å². The summed E-state index contributed by atoms with van der Waals surface area (Å²) >= 11 is 0. The first-order valence-electron chi connectivity index (χ1n) is 6.14. The summed E-state index contributed by atoms with van der Waals surface area (Å²) < 4.78 is 37.5. The summed E-state index contributed by atoms with van der Waals surface area (Å²) in [6, 6.07) is -0.196. The fraction of sp³-hybridized carbons (Fsp3) is 1.00. The molecule has 0 aromatic heterocycles. The minimum atomic E-state index is -4.17. The lowest BCUT2D eigenvalue weighted by Crippen LogP contribution is -2.52. The molecule has 0 aliphatic heterocycles. The van der Waals surface area contributed by atoms with Gasteiger partial charge in [0, 0.05) is 6.04 Å². The van der Waals surface area contributed by atoms with Crippen molar-refractivity contribution in [2.45, 2.75) is 58.4 Å². The molecule has 0 amide bonds. The van der Waals surface area contributed by atoms with Crippen LogP contribution in [0.5, 0.6) is 0 Å². The molecule has 0 saturated heterocycles. The van der Waals surface area contributed by atoms with Crippen LogP contribution in [0.15, 0.2) is 0 Å². The Bertz CT molecular complexity index is 253. The quantitative estimate of drug-likeness (QED) is 0.836. The summed E-state index contributed by atoms with van der Waals surface area (Å²) in [6.07, 6.45) is -2.73. The number of rotatable bonds is 3. The van der Waals surface area contributed by atoms with E-state index < -0.39 is 18.8 Å². The highest BCUT2D eigenvalue weighted by Crippen LogP contribution is 2.39. The van der Waals surface area contributed by atoms with E-state index in [1.54, 1.807) is 6.92 Å². The fourth-order valence-electron chi connectivity index (χ4n) is 2.72. The summed E-state index contributed by atoms with van der Waals surface area (Å²) in [4.78, 5) is 1.45. The van der Waals surface area contributed by atoms with Crippen LogP contribution >= 0.6 is 0 Å². The van der Waals surface area contributed by atoms with Crippen LogP contribution in [0.2, 0.25) is 0 Å². The molecule has 17 heavy (non-hydrogen) atoms. The van der Waals surface area contributed by atoms with E-state index in [9.17, 15) is 18.3 Å². The summed E-state index contributed by atoms with van der Waals surface area (Å²) in [5, 5.41) is 9.65. The molecule has 2 unspecified atom stereocenters. The van der Waals surface area contributed by atoms with Crippen LogP contribution in [0.3, 0.4) is 0 Å². The van der Waals surface area contributed by atoms with Gasteiger partial charge in [-0.15, -0.1) is 0 Å². The molecular formula is C12H22F3NO. The van der Waals surface area contributed by atoms with Crippen LogP contribution in [-0.2, 0) is 0 Å². The lowest BCUT2D eigenvalue weighted by Gasteiger charge is -2.46. The third-order valence-electron chi connectivity index (χ3n) is 3.75. The van der Waals surface area contributed by atoms with E-state index in [1.807, 2.05) is 13.8 Å². The van der Waals surface area contributed by atoms with E-state index in [2.05, 4.69) is 0 Å². The normalized spacial score (nSPS) is 29.6. The molecule has 0 heterocycles. The molecule has 1 rings (SSSR count). The molecule has 0 bridgehead atoms. The van der Waals surface area contributed by atoms with Crippen LogP contribution in [-0.4, -0.2) is 41.4 Å². The molecule has 1 N–H and O–H groups in total. The molecular weight excluding hydrogens is 231 g/mol. The second kappa shape index (κ2) is 5.14. The average Bonchev–Trinajstić information content (AvgIpc) is 2.17. The van der Waals surface area contributed by atoms with Gasteiger partial charge >= 0.3 is 6.18 Å². The van der Waals surface area contributed by atoms with E-state index in [0.717, 1.165) is 6.42 Å². The van der Waals surface area contributed by atoms with Crippen molar-refractivity contribution in [3.8, 4) is 0 Å². The van der Waals surface area contributed by atoms with Crippen LogP contribution in [0.4, 0.5) is 13.2 Å². The average molecular weight is 253 g/mol. The molecule has 2 atom stereocenters. The summed E-state index contributed by atoms with van der Waals surface area (Å²) in [6.45, 7) is 5.19. The van der Waals surface area contributed by atoms with E-state index in [1.165, 1.54) is 4.90 Å². The third kappa shape index (κ3) is 4.14. The Morgan fingerprint density at radius 3 is 2.41 bits per heavy atom. The first-order valence-corrected chi connectivity index (χ1v) is 6.14. The van der Waals surface area contributed by atoms with Crippen molar-refractivity contribution in [2.24, 2.45) is 5.41 Å². The molecule has 5 heteroatoms. The van der Waals surface area contributed by atoms with Gasteiger partial charge in [0.05, 0.1) is 12.6 Å². The lowest BCUT2D eigenvalue weighted by atomic mass is 9.71. The molecule has 2 nitrogen and oxygen atoms in total. The van der Waals surface area contributed by atoms with Gasteiger partial charge < -0.3 is 5.11 Å². The van der Waals surface area contributed by atoms with Crippen molar-refractivity contribution in [2.75, 3.05) is 13.1 Å². The highest BCUT2D eigenvalue weighted by molar-refractivity contribution is 4.93. The molecule has 0 aromatic rings. The molecule has 1 aliphatic carbocycles. The predicted octanol–water partition coefficient (Wildman–Crippen LogP) is 2.81. The van der Waals surface area contributed by atoms with Gasteiger partial charge in [0.25, 0.3) is 0 Å². The Morgan fingerprint density at radius 1 is 1.35 bits per heavy atom. The largest absolute Gasteiger partial charge is 0.401 e. The fourth-order valence-corrected chi connectivity index (χ4v) is 2.72. The van der Waals surface area contributed by atoms with Gasteiger partial charge in [0.2, 0.25) is 0 Å². The second-order valence-electron chi connectivity index (χ2n) is 5.61. The number of halogens is 3. The Labute approximate surface area is 101 Å². The molecule has 102 valence electrons. The minimum Gasteiger partial charge on any atom is -0.393 e. The highest BCUT2D eigenvalue weighted by Gasteiger charge is 2.42. The van der Waals surface area contributed by atoms with Gasteiger partial charge in [0.1, 0.15) is 0 Å². The summed E-state index contributed by atoms with van der Waals surface area (Å²) in [7, 11) is 0. The van der Waals surface area contributed by atoms with E-state index in [0.29, 0.717) is 19.4 Å². The molecule has 0 spiro atoms. The van der Waals surface area contributed by atoms with Gasteiger partial charge in [-0.3, -0.25) is 4.90 Å². The van der Waals surface area contributed by atoms with Gasteiger partial charge in [-0.25, -0.2) is 0 Å². The van der Waals surface area contributed by atoms with E-state index in [-0.39, 0.29) is 11.5 Å². The van der Waals surface area contributed by atoms with Crippen LogP contribution < -0.4 is 0 Å². The molecule has 0 radical (unpaired) electrons. The Balaban J connectivity index is 2.77. The monoisotopic (exact) mass is 253 g/mol. The van der Waals surface area contributed by atoms with E-state index >= 15 is 0 Å². The maximum Gasteiger partial charge on any atom is 0.401 e. The summed E-state index contributed by atoms with van der Waals surface area (Å²) in [5.41, 5.74) is -0.166. The Hall–Kier alpha value is -0.290. The second-order valence-corrected chi connectivity index (χ2v) is 5.61. The molecule has 0 aromatic carbocycles. The maximum atomic E-state index is 12.5. The number of hydrogen-bond donors (Lipinski definition) is 1. The molecule has 1 aliphatic rings. The van der Waals surface area contributed by atoms with Crippen LogP contribution in [0, 0.1) is 5.41 Å². The SMILES string of the molecule is CCN(CC(F)(F)F)C1CC(O)CCC1(C)C. The number of aliphatic hydroxyl groups excluding tert-OH is 1. The maximum absolute atomic E-state index is 12.5. The number of alkyl halides is 3. The Morgan fingerprint density at radius 2 is 1.94 bits per heavy atom. The van der Waals surface area contributed by atoms with Gasteiger partial charge in [-0.1, -0.05) is 20.8 Å². The van der Waals surface area contributed by atoms with Crippen molar-refractivity contribution in [3.05, 3.63) is 0 Å². The molecule has 1 fully saturated rings. The van der Waals surface area contributed by atoms with Crippen molar-refractivity contribution < 1.29 is 18.3 Å². The zero-order chi connectivity index (χ0) is 13.3. The minimum absolute atomic E-state index is 0.166. The molecule has 1 saturated carbocycles. The topological polar surface area (TPSA) is 23.5 Å². The van der Waals surface area contributed by atoms with Crippen LogP contribution in [0.25, 0.3) is 0 Å². The van der Waals surface area contributed by atoms with Crippen LogP contribution in [0.1, 0.15) is 40.0 Å². The van der Waals surface area contributed by atoms with Gasteiger partial charge in [0.15, 0.2) is 0 Å². The van der Waals surface area contributed by atoms with Gasteiger partial charge in [-0.2, -0.15) is 13.2 Å². The zero-order valence-corrected chi connectivity index (χ0v) is 10.7. The third-order valence-corrected chi connectivity index (χ3v) is 3.75. The van der Waals surface area contributed by atoms with Crippen molar-refractivity contribution >= 4 is 0 Å². The zero-order valence-electron chi connectivity index (χ0n) is 10.7.